The normalized spacial score (nSPS) is 11.9. The van der Waals surface area contributed by atoms with Crippen LogP contribution in [0.3, 0.4) is 0 Å². The van der Waals surface area contributed by atoms with Crippen LogP contribution in [-0.2, 0) is 0 Å². The molecule has 0 atom stereocenters. The van der Waals surface area contributed by atoms with Gasteiger partial charge in [0, 0.05) is 31.3 Å². The molecule has 8 rings (SSSR count). The maximum Gasteiger partial charge on any atom is 0.0979 e. The fourth-order valence-corrected chi connectivity index (χ4v) is 7.59. The maximum absolute atomic E-state index is 5.22. The number of rotatable bonds is 5. The zero-order chi connectivity index (χ0) is 29.6. The molecule has 3 heteroatoms. The van der Waals surface area contributed by atoms with E-state index in [2.05, 4.69) is 141 Å². The Bertz CT molecular complexity index is 2360. The highest BCUT2D eigenvalue weighted by Gasteiger charge is 2.14. The van der Waals surface area contributed by atoms with Crippen LogP contribution in [0.4, 0.5) is 0 Å². The van der Waals surface area contributed by atoms with E-state index in [4.69, 9.17) is 9.97 Å². The van der Waals surface area contributed by atoms with Gasteiger partial charge in [-0.15, -0.1) is 11.3 Å². The molecule has 0 saturated heterocycles. The van der Waals surface area contributed by atoms with Crippen molar-refractivity contribution >= 4 is 60.1 Å². The smallest absolute Gasteiger partial charge is 0.0979 e. The second kappa shape index (κ2) is 10.9. The fraction of sp³-hybridized carbons (Fsp3) is 0.0732. The number of fused-ring (bicyclic) bond motifs is 7. The number of thiophene rings is 1. The second-order valence-electron chi connectivity index (χ2n) is 11.3. The molecule has 0 amide bonds. The van der Waals surface area contributed by atoms with Crippen molar-refractivity contribution in [1.82, 2.24) is 9.97 Å². The van der Waals surface area contributed by atoms with E-state index < -0.39 is 0 Å². The highest BCUT2D eigenvalue weighted by Crippen LogP contribution is 2.40. The predicted molar refractivity (Wildman–Crippen MR) is 190 cm³/mol. The summed E-state index contributed by atoms with van der Waals surface area (Å²) in [5.74, 6) is 0. The first-order valence-corrected chi connectivity index (χ1v) is 16.0. The largest absolute Gasteiger partial charge is 0.252 e. The quantitative estimate of drug-likeness (QED) is 0.189. The summed E-state index contributed by atoms with van der Waals surface area (Å²) in [5.41, 5.74) is 10.0. The monoisotopic (exact) mass is 582 g/mol. The summed E-state index contributed by atoms with van der Waals surface area (Å²) in [6, 6.07) is 41.3. The minimum atomic E-state index is 0.877. The lowest BCUT2D eigenvalue weighted by molar-refractivity contribution is 1.23. The standard InChI is InChI=1S/C41H30N2S/c1-3-4-16-31-26(2)44-41-32(21-11-22-37(31)41)29-14-9-12-27(23-29)28-13-10-15-30(24-28)38-25-42-39-35-19-7-5-17-33(35)34-18-6-8-20-36(34)40(39)43-38/h4-25H,3H2,1-2H3. The molecule has 6 aromatic carbocycles. The summed E-state index contributed by atoms with van der Waals surface area (Å²) in [6.07, 6.45) is 7.49. The maximum atomic E-state index is 5.22. The van der Waals surface area contributed by atoms with Gasteiger partial charge in [0.1, 0.15) is 0 Å². The average Bonchev–Trinajstić information content (AvgIpc) is 3.42. The molecular formula is C41H30N2S. The molecule has 44 heavy (non-hydrogen) atoms. The molecule has 0 aliphatic heterocycles. The second-order valence-corrected chi connectivity index (χ2v) is 12.5. The number of allylic oxidation sites excluding steroid dienone is 1. The first-order valence-electron chi connectivity index (χ1n) is 15.2. The van der Waals surface area contributed by atoms with E-state index in [1.807, 2.05) is 17.5 Å². The molecule has 0 spiro atoms. The van der Waals surface area contributed by atoms with Crippen molar-refractivity contribution in [3.8, 4) is 33.5 Å². The molecule has 0 N–H and O–H groups in total. The van der Waals surface area contributed by atoms with Gasteiger partial charge in [0.25, 0.3) is 0 Å². The van der Waals surface area contributed by atoms with Gasteiger partial charge in [-0.05, 0) is 64.1 Å². The molecule has 0 fully saturated rings. The van der Waals surface area contributed by atoms with Crippen molar-refractivity contribution < 1.29 is 0 Å². The van der Waals surface area contributed by atoms with Gasteiger partial charge in [-0.3, -0.25) is 4.98 Å². The van der Waals surface area contributed by atoms with Gasteiger partial charge < -0.3 is 0 Å². The Balaban J connectivity index is 1.22. The van der Waals surface area contributed by atoms with Gasteiger partial charge in [0.15, 0.2) is 0 Å². The van der Waals surface area contributed by atoms with Gasteiger partial charge in [0.2, 0.25) is 0 Å². The lowest BCUT2D eigenvalue weighted by Gasteiger charge is -2.11. The molecule has 0 aliphatic carbocycles. The van der Waals surface area contributed by atoms with Crippen molar-refractivity contribution in [3.05, 3.63) is 138 Å². The molecule has 0 radical (unpaired) electrons. The topological polar surface area (TPSA) is 25.8 Å². The van der Waals surface area contributed by atoms with E-state index >= 15 is 0 Å². The summed E-state index contributed by atoms with van der Waals surface area (Å²) in [5, 5.41) is 6.01. The minimum Gasteiger partial charge on any atom is -0.252 e. The Kier molecular flexibility index (Phi) is 6.54. The van der Waals surface area contributed by atoms with E-state index in [1.54, 1.807) is 0 Å². The van der Waals surface area contributed by atoms with Crippen molar-refractivity contribution in [2.45, 2.75) is 20.3 Å². The van der Waals surface area contributed by atoms with Crippen molar-refractivity contribution in [3.63, 3.8) is 0 Å². The van der Waals surface area contributed by atoms with Gasteiger partial charge in [-0.1, -0.05) is 122 Å². The number of hydrogen-bond donors (Lipinski definition) is 0. The molecule has 0 unspecified atom stereocenters. The third kappa shape index (κ3) is 4.40. The van der Waals surface area contributed by atoms with Crippen molar-refractivity contribution in [2.75, 3.05) is 0 Å². The molecule has 0 bridgehead atoms. The number of hydrogen-bond acceptors (Lipinski definition) is 3. The van der Waals surface area contributed by atoms with Crippen LogP contribution in [0.1, 0.15) is 23.8 Å². The summed E-state index contributed by atoms with van der Waals surface area (Å²) >= 11 is 1.89. The highest BCUT2D eigenvalue weighted by molar-refractivity contribution is 7.20. The van der Waals surface area contributed by atoms with Crippen LogP contribution in [0.2, 0.25) is 0 Å². The van der Waals surface area contributed by atoms with Crippen LogP contribution >= 0.6 is 11.3 Å². The van der Waals surface area contributed by atoms with Gasteiger partial charge in [-0.2, -0.15) is 0 Å². The third-order valence-electron chi connectivity index (χ3n) is 8.55. The first-order chi connectivity index (χ1) is 21.7. The van der Waals surface area contributed by atoms with Gasteiger partial charge >= 0.3 is 0 Å². The lowest BCUT2D eigenvalue weighted by atomic mass is 9.96. The van der Waals surface area contributed by atoms with Crippen LogP contribution in [-0.4, -0.2) is 9.97 Å². The number of nitrogens with zero attached hydrogens (tertiary/aromatic N) is 2. The Morgan fingerprint density at radius 1 is 0.614 bits per heavy atom. The zero-order valence-corrected chi connectivity index (χ0v) is 25.5. The molecule has 0 aliphatic rings. The van der Waals surface area contributed by atoms with E-state index in [1.165, 1.54) is 48.0 Å². The zero-order valence-electron chi connectivity index (χ0n) is 24.7. The number of aryl methyl sites for hydroxylation is 1. The fourth-order valence-electron chi connectivity index (χ4n) is 6.41. The van der Waals surface area contributed by atoms with Crippen molar-refractivity contribution in [2.24, 2.45) is 0 Å². The van der Waals surface area contributed by atoms with E-state index in [9.17, 15) is 0 Å². The highest BCUT2D eigenvalue weighted by atomic mass is 32.1. The third-order valence-corrected chi connectivity index (χ3v) is 9.72. The molecule has 2 nitrogen and oxygen atoms in total. The summed E-state index contributed by atoms with van der Waals surface area (Å²) in [4.78, 5) is 11.6. The number of benzene rings is 6. The Morgan fingerprint density at radius 3 is 1.93 bits per heavy atom. The van der Waals surface area contributed by atoms with Crippen LogP contribution in [0.25, 0.3) is 82.3 Å². The molecule has 2 aromatic heterocycles. The Morgan fingerprint density at radius 2 is 1.20 bits per heavy atom. The van der Waals surface area contributed by atoms with E-state index in [-0.39, 0.29) is 0 Å². The molecule has 2 heterocycles. The van der Waals surface area contributed by atoms with Crippen molar-refractivity contribution in [1.29, 1.82) is 0 Å². The predicted octanol–water partition coefficient (Wildman–Crippen LogP) is 11.9. The van der Waals surface area contributed by atoms with E-state index in [0.29, 0.717) is 0 Å². The number of aromatic nitrogens is 2. The van der Waals surface area contributed by atoms with Crippen LogP contribution in [0, 0.1) is 6.92 Å². The summed E-state index contributed by atoms with van der Waals surface area (Å²) in [7, 11) is 0. The summed E-state index contributed by atoms with van der Waals surface area (Å²) in [6.45, 7) is 4.41. The summed E-state index contributed by atoms with van der Waals surface area (Å²) < 4.78 is 1.35. The average molecular weight is 583 g/mol. The molecular weight excluding hydrogens is 553 g/mol. The van der Waals surface area contributed by atoms with Crippen LogP contribution in [0.5, 0.6) is 0 Å². The SMILES string of the molecule is CCC=Cc1c(C)sc2c(-c3cccc(-c4cccc(-c5cnc6c7ccccc7c7ccccc7c6n5)c4)c3)cccc12. The van der Waals surface area contributed by atoms with Crippen LogP contribution < -0.4 is 0 Å². The van der Waals surface area contributed by atoms with E-state index in [0.717, 1.165) is 45.0 Å². The molecule has 210 valence electrons. The minimum absolute atomic E-state index is 0.877. The van der Waals surface area contributed by atoms with Gasteiger partial charge in [-0.25, -0.2) is 4.98 Å². The Hall–Kier alpha value is -5.12. The van der Waals surface area contributed by atoms with Crippen LogP contribution in [0.15, 0.2) is 128 Å². The first kappa shape index (κ1) is 26.5. The lowest BCUT2D eigenvalue weighted by Crippen LogP contribution is -1.92. The van der Waals surface area contributed by atoms with Gasteiger partial charge in [0.05, 0.1) is 22.9 Å². The molecule has 0 saturated carbocycles. The Labute approximate surface area is 261 Å². The molecule has 8 aromatic rings.